The standard InChI is InChI=1S/C16H22N4O3S/c1-11(2)8-20-15(23)18(3)14(22)16(20)4-6-19(7-5-16)13(21)12-9-24-10-17-12/h9-11H,4-8H2,1-3H3. The van der Waals surface area contributed by atoms with E-state index in [9.17, 15) is 14.4 Å². The van der Waals surface area contributed by atoms with Crippen molar-refractivity contribution in [3.8, 4) is 0 Å². The minimum absolute atomic E-state index is 0.105. The molecular weight excluding hydrogens is 328 g/mol. The molecule has 0 atom stereocenters. The molecule has 0 aliphatic carbocycles. The molecule has 0 saturated carbocycles. The normalized spacial score (nSPS) is 20.6. The third-order valence-corrected chi connectivity index (χ3v) is 5.40. The first-order chi connectivity index (χ1) is 11.4. The molecule has 0 bridgehead atoms. The Morgan fingerprint density at radius 2 is 2.00 bits per heavy atom. The minimum atomic E-state index is -0.797. The van der Waals surface area contributed by atoms with E-state index >= 15 is 0 Å². The van der Waals surface area contributed by atoms with E-state index in [2.05, 4.69) is 4.98 Å². The summed E-state index contributed by atoms with van der Waals surface area (Å²) < 4.78 is 0. The van der Waals surface area contributed by atoms with Gasteiger partial charge in [0.1, 0.15) is 11.2 Å². The Morgan fingerprint density at radius 1 is 1.33 bits per heavy atom. The van der Waals surface area contributed by atoms with Crippen molar-refractivity contribution in [2.24, 2.45) is 5.92 Å². The molecule has 8 heteroatoms. The number of amides is 4. The number of imide groups is 1. The second-order valence-electron chi connectivity index (χ2n) is 6.85. The van der Waals surface area contributed by atoms with Gasteiger partial charge in [-0.05, 0) is 18.8 Å². The number of hydrogen-bond acceptors (Lipinski definition) is 5. The number of thiazole rings is 1. The molecule has 0 unspecified atom stereocenters. The number of carbonyl (C=O) groups is 3. The lowest BCUT2D eigenvalue weighted by atomic mass is 9.85. The molecule has 2 saturated heterocycles. The maximum atomic E-state index is 12.7. The molecule has 3 rings (SSSR count). The van der Waals surface area contributed by atoms with Crippen LogP contribution in [0.25, 0.3) is 0 Å². The number of urea groups is 1. The van der Waals surface area contributed by atoms with Gasteiger partial charge in [-0.3, -0.25) is 14.5 Å². The molecule has 1 spiro atoms. The van der Waals surface area contributed by atoms with Crippen LogP contribution in [0.4, 0.5) is 4.79 Å². The van der Waals surface area contributed by atoms with Gasteiger partial charge in [-0.25, -0.2) is 9.78 Å². The van der Waals surface area contributed by atoms with Gasteiger partial charge in [0.25, 0.3) is 11.8 Å². The Kier molecular flexibility index (Phi) is 4.33. The Balaban J connectivity index is 1.78. The fraction of sp³-hybridized carbons (Fsp3) is 0.625. The second-order valence-corrected chi connectivity index (χ2v) is 7.57. The highest BCUT2D eigenvalue weighted by Crippen LogP contribution is 2.37. The van der Waals surface area contributed by atoms with Gasteiger partial charge in [-0.2, -0.15) is 0 Å². The average Bonchev–Trinajstić information content (AvgIpc) is 3.15. The molecule has 3 heterocycles. The summed E-state index contributed by atoms with van der Waals surface area (Å²) in [7, 11) is 1.54. The van der Waals surface area contributed by atoms with Gasteiger partial charge >= 0.3 is 6.03 Å². The molecular formula is C16H22N4O3S. The monoisotopic (exact) mass is 350 g/mol. The van der Waals surface area contributed by atoms with Crippen LogP contribution < -0.4 is 0 Å². The van der Waals surface area contributed by atoms with Crippen molar-refractivity contribution in [1.82, 2.24) is 19.7 Å². The van der Waals surface area contributed by atoms with E-state index < -0.39 is 5.54 Å². The topological polar surface area (TPSA) is 73.8 Å². The SMILES string of the molecule is CC(C)CN1C(=O)N(C)C(=O)C12CCN(C(=O)c1cscn1)CC2. The molecule has 130 valence electrons. The third kappa shape index (κ3) is 2.58. The number of hydrogen-bond donors (Lipinski definition) is 0. The van der Waals surface area contributed by atoms with Crippen LogP contribution >= 0.6 is 11.3 Å². The van der Waals surface area contributed by atoms with Crippen molar-refractivity contribution in [3.63, 3.8) is 0 Å². The first-order valence-corrected chi connectivity index (χ1v) is 9.08. The van der Waals surface area contributed by atoms with Gasteiger partial charge in [0.05, 0.1) is 5.51 Å². The van der Waals surface area contributed by atoms with E-state index in [1.165, 1.54) is 16.2 Å². The lowest BCUT2D eigenvalue weighted by Crippen LogP contribution is -2.58. The first kappa shape index (κ1) is 16.9. The Morgan fingerprint density at radius 3 is 2.54 bits per heavy atom. The number of piperidine rings is 1. The zero-order chi connectivity index (χ0) is 17.5. The molecule has 2 aliphatic heterocycles. The number of rotatable bonds is 3. The molecule has 4 amide bonds. The van der Waals surface area contributed by atoms with Gasteiger partial charge in [0.2, 0.25) is 0 Å². The van der Waals surface area contributed by atoms with Crippen molar-refractivity contribution in [2.75, 3.05) is 26.7 Å². The molecule has 2 aliphatic rings. The quantitative estimate of drug-likeness (QED) is 0.777. The number of carbonyl (C=O) groups excluding carboxylic acids is 3. The molecule has 0 aromatic carbocycles. The Hall–Kier alpha value is -1.96. The van der Waals surface area contributed by atoms with Crippen LogP contribution in [0, 0.1) is 5.92 Å². The fourth-order valence-corrected chi connectivity index (χ4v) is 4.07. The summed E-state index contributed by atoms with van der Waals surface area (Å²) >= 11 is 1.39. The van der Waals surface area contributed by atoms with Crippen molar-refractivity contribution in [2.45, 2.75) is 32.2 Å². The summed E-state index contributed by atoms with van der Waals surface area (Å²) in [4.78, 5) is 46.4. The highest BCUT2D eigenvalue weighted by atomic mass is 32.1. The van der Waals surface area contributed by atoms with Crippen molar-refractivity contribution < 1.29 is 14.4 Å². The number of likely N-dealkylation sites (tertiary alicyclic amines) is 1. The number of nitrogens with zero attached hydrogens (tertiary/aromatic N) is 4. The third-order valence-electron chi connectivity index (χ3n) is 4.81. The summed E-state index contributed by atoms with van der Waals surface area (Å²) in [5.41, 5.74) is 1.28. The van der Waals surface area contributed by atoms with Crippen LogP contribution in [-0.2, 0) is 4.79 Å². The highest BCUT2D eigenvalue weighted by Gasteiger charge is 2.57. The Bertz CT molecular complexity index is 650. The van der Waals surface area contributed by atoms with Gasteiger partial charge in [-0.15, -0.1) is 11.3 Å². The van der Waals surface area contributed by atoms with Crippen molar-refractivity contribution in [3.05, 3.63) is 16.6 Å². The minimum Gasteiger partial charge on any atom is -0.337 e. The van der Waals surface area contributed by atoms with E-state index in [1.54, 1.807) is 27.7 Å². The predicted molar refractivity (Wildman–Crippen MR) is 89.7 cm³/mol. The average molecular weight is 350 g/mol. The first-order valence-electron chi connectivity index (χ1n) is 8.14. The summed E-state index contributed by atoms with van der Waals surface area (Å²) in [6.07, 6.45) is 0.953. The Labute approximate surface area is 145 Å². The number of likely N-dealkylation sites (N-methyl/N-ethyl adjacent to an activating group) is 1. The highest BCUT2D eigenvalue weighted by molar-refractivity contribution is 7.07. The second kappa shape index (κ2) is 6.16. The summed E-state index contributed by atoms with van der Waals surface area (Å²) in [5, 5.41) is 1.73. The summed E-state index contributed by atoms with van der Waals surface area (Å²) in [5.74, 6) is 0.0281. The maximum Gasteiger partial charge on any atom is 0.327 e. The largest absolute Gasteiger partial charge is 0.337 e. The van der Waals surface area contributed by atoms with Gasteiger partial charge in [0, 0.05) is 32.1 Å². The molecule has 0 N–H and O–H groups in total. The van der Waals surface area contributed by atoms with Gasteiger partial charge < -0.3 is 9.80 Å². The zero-order valence-electron chi connectivity index (χ0n) is 14.2. The molecule has 1 aromatic heterocycles. The molecule has 7 nitrogen and oxygen atoms in total. The fourth-order valence-electron chi connectivity index (χ4n) is 3.54. The van der Waals surface area contributed by atoms with Crippen LogP contribution in [0.3, 0.4) is 0 Å². The van der Waals surface area contributed by atoms with Gasteiger partial charge in [0.15, 0.2) is 0 Å². The van der Waals surface area contributed by atoms with E-state index in [0.717, 1.165) is 0 Å². The van der Waals surface area contributed by atoms with Crippen molar-refractivity contribution >= 4 is 29.2 Å². The van der Waals surface area contributed by atoms with Crippen LogP contribution in [0.1, 0.15) is 37.2 Å². The molecule has 24 heavy (non-hydrogen) atoms. The van der Waals surface area contributed by atoms with Crippen LogP contribution in [0.15, 0.2) is 10.9 Å². The van der Waals surface area contributed by atoms with Crippen LogP contribution in [0.2, 0.25) is 0 Å². The van der Waals surface area contributed by atoms with E-state index in [1.807, 2.05) is 13.8 Å². The van der Waals surface area contributed by atoms with E-state index in [-0.39, 0.29) is 23.8 Å². The van der Waals surface area contributed by atoms with E-state index in [0.29, 0.717) is 38.2 Å². The predicted octanol–water partition coefficient (Wildman–Crippen LogP) is 1.67. The van der Waals surface area contributed by atoms with Crippen molar-refractivity contribution in [1.29, 1.82) is 0 Å². The smallest absolute Gasteiger partial charge is 0.327 e. The number of aromatic nitrogens is 1. The van der Waals surface area contributed by atoms with Gasteiger partial charge in [-0.1, -0.05) is 13.8 Å². The lowest BCUT2D eigenvalue weighted by Gasteiger charge is -2.42. The lowest BCUT2D eigenvalue weighted by molar-refractivity contribution is -0.134. The van der Waals surface area contributed by atoms with Crippen LogP contribution in [0.5, 0.6) is 0 Å². The maximum absolute atomic E-state index is 12.7. The van der Waals surface area contributed by atoms with E-state index in [4.69, 9.17) is 0 Å². The molecule has 0 radical (unpaired) electrons. The molecule has 2 fully saturated rings. The zero-order valence-corrected chi connectivity index (χ0v) is 15.0. The summed E-state index contributed by atoms with van der Waals surface area (Å²) in [6, 6.07) is -0.229. The summed E-state index contributed by atoms with van der Waals surface area (Å²) in [6.45, 7) is 5.53. The van der Waals surface area contributed by atoms with Crippen LogP contribution in [-0.4, -0.2) is 69.8 Å². The molecule has 1 aromatic rings.